The van der Waals surface area contributed by atoms with Gasteiger partial charge in [-0.05, 0) is 43.5 Å². The highest BCUT2D eigenvalue weighted by atomic mass is 16.3. The maximum Gasteiger partial charge on any atom is 0.267 e. The molecule has 150 valence electrons. The molecule has 2 rings (SSSR count). The average Bonchev–Trinajstić information content (AvgIpc) is 3.21. The number of benzene rings is 1. The van der Waals surface area contributed by atoms with Gasteiger partial charge in [0.1, 0.15) is 11.5 Å². The van der Waals surface area contributed by atoms with Gasteiger partial charge in [0.25, 0.3) is 11.8 Å². The van der Waals surface area contributed by atoms with Crippen molar-refractivity contribution in [1.82, 2.24) is 10.6 Å². The Balaban J connectivity index is 2.09. The van der Waals surface area contributed by atoms with Crippen LogP contribution in [0, 0.1) is 12.8 Å². The minimum absolute atomic E-state index is 0.172. The molecule has 2 amide bonds. The first-order valence-electron chi connectivity index (χ1n) is 9.94. The number of carbonyl (C=O) groups excluding carboxylic acids is 2. The number of hydrogen-bond donors (Lipinski definition) is 2. The first-order chi connectivity index (χ1) is 13.5. The van der Waals surface area contributed by atoms with Crippen LogP contribution in [-0.4, -0.2) is 18.4 Å². The minimum atomic E-state index is -0.328. The van der Waals surface area contributed by atoms with Crippen LogP contribution in [-0.2, 0) is 4.79 Å². The fraction of sp³-hybridized carbons (Fsp3) is 0.391. The van der Waals surface area contributed by atoms with E-state index in [4.69, 9.17) is 4.42 Å². The third-order valence-electron chi connectivity index (χ3n) is 4.73. The highest BCUT2D eigenvalue weighted by Crippen LogP contribution is 2.12. The van der Waals surface area contributed by atoms with Gasteiger partial charge in [0.15, 0.2) is 0 Å². The largest absolute Gasteiger partial charge is 0.465 e. The molecule has 0 saturated heterocycles. The van der Waals surface area contributed by atoms with Crippen LogP contribution in [0.5, 0.6) is 0 Å². The lowest BCUT2D eigenvalue weighted by atomic mass is 9.99. The molecule has 1 atom stereocenters. The number of furan rings is 1. The van der Waals surface area contributed by atoms with Crippen molar-refractivity contribution in [3.05, 3.63) is 65.2 Å². The quantitative estimate of drug-likeness (QED) is 0.586. The molecule has 1 aromatic carbocycles. The van der Waals surface area contributed by atoms with Gasteiger partial charge in [-0.25, -0.2) is 0 Å². The van der Waals surface area contributed by atoms with E-state index in [0.717, 1.165) is 31.2 Å². The van der Waals surface area contributed by atoms with Crippen molar-refractivity contribution in [2.75, 3.05) is 6.54 Å². The zero-order chi connectivity index (χ0) is 20.4. The van der Waals surface area contributed by atoms with Gasteiger partial charge in [-0.2, -0.15) is 0 Å². The molecule has 0 bridgehead atoms. The molecule has 5 nitrogen and oxygen atoms in total. The Morgan fingerprint density at radius 2 is 1.89 bits per heavy atom. The number of hydrogen-bond acceptors (Lipinski definition) is 3. The van der Waals surface area contributed by atoms with Crippen molar-refractivity contribution < 1.29 is 14.0 Å². The second-order valence-electron chi connectivity index (χ2n) is 7.02. The smallest absolute Gasteiger partial charge is 0.267 e. The van der Waals surface area contributed by atoms with E-state index in [1.807, 2.05) is 19.1 Å². The molecular weight excluding hydrogens is 352 g/mol. The van der Waals surface area contributed by atoms with Crippen LogP contribution in [0.15, 0.2) is 52.8 Å². The molecule has 0 saturated carbocycles. The third-order valence-corrected chi connectivity index (χ3v) is 4.73. The van der Waals surface area contributed by atoms with Crippen LogP contribution in [0.1, 0.15) is 61.2 Å². The summed E-state index contributed by atoms with van der Waals surface area (Å²) in [5.41, 5.74) is 1.74. The Hall–Kier alpha value is -2.82. The zero-order valence-corrected chi connectivity index (χ0v) is 17.0. The molecule has 0 radical (unpaired) electrons. The van der Waals surface area contributed by atoms with Gasteiger partial charge in [0, 0.05) is 18.2 Å². The number of amides is 2. The lowest BCUT2D eigenvalue weighted by Gasteiger charge is -2.16. The summed E-state index contributed by atoms with van der Waals surface area (Å²) in [4.78, 5) is 25.3. The lowest BCUT2D eigenvalue weighted by Crippen LogP contribution is -2.37. The summed E-state index contributed by atoms with van der Waals surface area (Å²) in [5, 5.41) is 5.68. The normalized spacial score (nSPS) is 12.5. The summed E-state index contributed by atoms with van der Waals surface area (Å²) in [6.45, 7) is 6.84. The van der Waals surface area contributed by atoms with Gasteiger partial charge < -0.3 is 15.1 Å². The van der Waals surface area contributed by atoms with E-state index < -0.39 is 0 Å². The van der Waals surface area contributed by atoms with Crippen LogP contribution < -0.4 is 10.6 Å². The SMILES string of the molecule is CCCC[C@H](CC)CNC(=O)/C(=C/c1ccco1)NC(=O)c1ccc(C)cc1. The van der Waals surface area contributed by atoms with E-state index in [9.17, 15) is 9.59 Å². The van der Waals surface area contributed by atoms with Crippen molar-refractivity contribution in [1.29, 1.82) is 0 Å². The fourth-order valence-electron chi connectivity index (χ4n) is 2.85. The van der Waals surface area contributed by atoms with Crippen molar-refractivity contribution >= 4 is 17.9 Å². The van der Waals surface area contributed by atoms with E-state index in [2.05, 4.69) is 24.5 Å². The predicted molar refractivity (Wildman–Crippen MR) is 112 cm³/mol. The summed E-state index contributed by atoms with van der Waals surface area (Å²) < 4.78 is 5.31. The number of unbranched alkanes of at least 4 members (excludes halogenated alkanes) is 1. The number of rotatable bonds is 10. The van der Waals surface area contributed by atoms with Crippen molar-refractivity contribution in [2.45, 2.75) is 46.5 Å². The summed E-state index contributed by atoms with van der Waals surface area (Å²) in [5.74, 6) is 0.298. The van der Waals surface area contributed by atoms with Crippen LogP contribution in [0.25, 0.3) is 6.08 Å². The Morgan fingerprint density at radius 1 is 1.14 bits per heavy atom. The van der Waals surface area contributed by atoms with Gasteiger partial charge in [0.2, 0.25) is 0 Å². The van der Waals surface area contributed by atoms with Crippen molar-refractivity contribution in [2.24, 2.45) is 5.92 Å². The van der Waals surface area contributed by atoms with E-state index in [-0.39, 0.29) is 17.5 Å². The highest BCUT2D eigenvalue weighted by Gasteiger charge is 2.16. The van der Waals surface area contributed by atoms with Gasteiger partial charge in [-0.1, -0.05) is 50.8 Å². The Bertz CT molecular complexity index is 777. The molecule has 0 fully saturated rings. The summed E-state index contributed by atoms with van der Waals surface area (Å²) in [6, 6.07) is 10.7. The molecule has 0 unspecified atom stereocenters. The fourth-order valence-corrected chi connectivity index (χ4v) is 2.85. The monoisotopic (exact) mass is 382 g/mol. The molecule has 1 aromatic heterocycles. The van der Waals surface area contributed by atoms with Gasteiger partial charge >= 0.3 is 0 Å². The molecule has 0 aliphatic heterocycles. The molecule has 5 heteroatoms. The van der Waals surface area contributed by atoms with Gasteiger partial charge in [-0.3, -0.25) is 9.59 Å². The van der Waals surface area contributed by atoms with Crippen LogP contribution in [0.4, 0.5) is 0 Å². The van der Waals surface area contributed by atoms with Gasteiger partial charge in [-0.15, -0.1) is 0 Å². The van der Waals surface area contributed by atoms with E-state index in [1.165, 1.54) is 6.26 Å². The van der Waals surface area contributed by atoms with Crippen LogP contribution in [0.3, 0.4) is 0 Å². The first kappa shape index (κ1) is 21.5. The Morgan fingerprint density at radius 3 is 2.50 bits per heavy atom. The second-order valence-corrected chi connectivity index (χ2v) is 7.02. The van der Waals surface area contributed by atoms with Crippen LogP contribution in [0.2, 0.25) is 0 Å². The zero-order valence-electron chi connectivity index (χ0n) is 17.0. The Kier molecular flexibility index (Phi) is 8.53. The molecule has 1 heterocycles. The number of carbonyl (C=O) groups is 2. The van der Waals surface area contributed by atoms with Crippen LogP contribution >= 0.6 is 0 Å². The average molecular weight is 383 g/mol. The first-order valence-corrected chi connectivity index (χ1v) is 9.94. The molecule has 0 aliphatic carbocycles. The Labute approximate surface area is 167 Å². The van der Waals surface area contributed by atoms with Crippen molar-refractivity contribution in [3.63, 3.8) is 0 Å². The van der Waals surface area contributed by atoms with E-state index in [0.29, 0.717) is 23.8 Å². The third kappa shape index (κ3) is 6.72. The summed E-state index contributed by atoms with van der Waals surface area (Å²) in [7, 11) is 0. The van der Waals surface area contributed by atoms with Gasteiger partial charge in [0.05, 0.1) is 6.26 Å². The maximum absolute atomic E-state index is 12.7. The topological polar surface area (TPSA) is 71.3 Å². The maximum atomic E-state index is 12.7. The molecular formula is C23H30N2O3. The number of aryl methyl sites for hydroxylation is 1. The standard InChI is InChI=1S/C23H30N2O3/c1-4-6-8-18(5-2)16-24-23(27)21(15-20-9-7-14-28-20)25-22(26)19-12-10-17(3)11-13-19/h7,9-15,18H,4-6,8,16H2,1-3H3,(H,24,27)(H,25,26)/b21-15-/t18-/m0/s1. The molecule has 2 N–H and O–H groups in total. The lowest BCUT2D eigenvalue weighted by molar-refractivity contribution is -0.117. The van der Waals surface area contributed by atoms with E-state index >= 15 is 0 Å². The highest BCUT2D eigenvalue weighted by molar-refractivity contribution is 6.05. The molecule has 2 aromatic rings. The van der Waals surface area contributed by atoms with Crippen molar-refractivity contribution in [3.8, 4) is 0 Å². The number of nitrogens with one attached hydrogen (secondary N) is 2. The second kappa shape index (κ2) is 11.1. The minimum Gasteiger partial charge on any atom is -0.465 e. The molecule has 0 spiro atoms. The summed E-state index contributed by atoms with van der Waals surface area (Å²) >= 11 is 0. The molecule has 28 heavy (non-hydrogen) atoms. The van der Waals surface area contributed by atoms with E-state index in [1.54, 1.807) is 30.3 Å². The summed E-state index contributed by atoms with van der Waals surface area (Å²) in [6.07, 6.45) is 7.46. The predicted octanol–water partition coefficient (Wildman–Crippen LogP) is 4.69. The molecule has 0 aliphatic rings.